The van der Waals surface area contributed by atoms with Crippen LogP contribution in [0.15, 0.2) is 24.3 Å². The van der Waals surface area contributed by atoms with E-state index in [1.165, 1.54) is 0 Å². The number of pyridine rings is 1. The van der Waals surface area contributed by atoms with Gasteiger partial charge >= 0.3 is 6.09 Å². The Morgan fingerprint density at radius 1 is 1.46 bits per heavy atom. The van der Waals surface area contributed by atoms with Crippen LogP contribution in [-0.2, 0) is 4.74 Å². The van der Waals surface area contributed by atoms with Gasteiger partial charge in [-0.2, -0.15) is 5.26 Å². The third kappa shape index (κ3) is 4.00. The summed E-state index contributed by atoms with van der Waals surface area (Å²) in [4.78, 5) is 18.3. The van der Waals surface area contributed by atoms with Gasteiger partial charge in [-0.25, -0.2) is 9.78 Å². The van der Waals surface area contributed by atoms with E-state index >= 15 is 0 Å². The lowest BCUT2D eigenvalue weighted by Crippen LogP contribution is -2.36. The van der Waals surface area contributed by atoms with Gasteiger partial charge in [0.1, 0.15) is 23.2 Å². The molecule has 3 rings (SSSR count). The van der Waals surface area contributed by atoms with Gasteiger partial charge in [0.15, 0.2) is 0 Å². The van der Waals surface area contributed by atoms with Crippen molar-refractivity contribution in [1.29, 1.82) is 5.26 Å². The number of likely N-dealkylation sites (tertiary alicyclic amines) is 1. The Morgan fingerprint density at radius 3 is 2.92 bits per heavy atom. The van der Waals surface area contributed by atoms with Crippen LogP contribution in [0.4, 0.5) is 10.6 Å². The maximum Gasteiger partial charge on any atom is 0.410 e. The summed E-state index contributed by atoms with van der Waals surface area (Å²) in [6.45, 7) is 6.67. The highest BCUT2D eigenvalue weighted by atomic mass is 35.5. The molecule has 0 saturated carbocycles. The van der Waals surface area contributed by atoms with Gasteiger partial charge in [0.05, 0.1) is 5.02 Å². The first-order chi connectivity index (χ1) is 12.3. The van der Waals surface area contributed by atoms with Gasteiger partial charge in [-0.1, -0.05) is 23.7 Å². The molecule has 1 atom stereocenters. The second kappa shape index (κ2) is 7.00. The van der Waals surface area contributed by atoms with Crippen LogP contribution in [0.2, 0.25) is 5.02 Å². The van der Waals surface area contributed by atoms with Crippen LogP contribution in [-0.4, -0.2) is 40.7 Å². The molecule has 0 radical (unpaired) electrons. The summed E-state index contributed by atoms with van der Waals surface area (Å²) in [7, 11) is 0. The highest BCUT2D eigenvalue weighted by molar-refractivity contribution is 6.36. The van der Waals surface area contributed by atoms with Crippen molar-refractivity contribution in [3.63, 3.8) is 0 Å². The minimum atomic E-state index is -0.519. The molecule has 136 valence electrons. The normalized spacial score (nSPS) is 17.2. The highest BCUT2D eigenvalue weighted by Crippen LogP contribution is 2.31. The van der Waals surface area contributed by atoms with Crippen molar-refractivity contribution < 1.29 is 9.53 Å². The Kier molecular flexibility index (Phi) is 4.92. The summed E-state index contributed by atoms with van der Waals surface area (Å²) in [5, 5.41) is 14.8. The number of nitriles is 1. The van der Waals surface area contributed by atoms with Crippen molar-refractivity contribution in [2.24, 2.45) is 0 Å². The number of nitrogens with zero attached hydrogens (tertiary/aromatic N) is 3. The number of ether oxygens (including phenoxy) is 1. The Balaban J connectivity index is 1.80. The van der Waals surface area contributed by atoms with Gasteiger partial charge < -0.3 is 15.0 Å². The van der Waals surface area contributed by atoms with Crippen molar-refractivity contribution in [1.82, 2.24) is 9.88 Å². The number of benzene rings is 1. The molecule has 0 unspecified atom stereocenters. The SMILES string of the molecule is CC(C)(C)OC(=O)N1CC[C@H](Nc2nc(C#N)cc3cccc(Cl)c23)C1. The Hall–Kier alpha value is -2.52. The molecule has 6 nitrogen and oxygen atoms in total. The van der Waals surface area contributed by atoms with E-state index in [2.05, 4.69) is 16.4 Å². The zero-order chi connectivity index (χ0) is 18.9. The van der Waals surface area contributed by atoms with Crippen molar-refractivity contribution in [2.45, 2.75) is 38.8 Å². The predicted molar refractivity (Wildman–Crippen MR) is 101 cm³/mol. The standard InChI is InChI=1S/C19H21ClN4O2/c1-19(2,3)26-18(25)24-8-7-13(11-24)22-17-16-12(5-4-6-15(16)20)9-14(10-21)23-17/h4-6,9,13H,7-8,11H2,1-3H3,(H,22,23)/t13-/m0/s1. The number of aromatic nitrogens is 1. The second-order valence-electron chi connectivity index (χ2n) is 7.36. The molecule has 26 heavy (non-hydrogen) atoms. The number of rotatable bonds is 2. The summed E-state index contributed by atoms with van der Waals surface area (Å²) in [5.74, 6) is 0.570. The van der Waals surface area contributed by atoms with Gasteiger partial charge in [0.2, 0.25) is 0 Å². The summed E-state index contributed by atoms with van der Waals surface area (Å²) < 4.78 is 5.43. The van der Waals surface area contributed by atoms with Crippen LogP contribution >= 0.6 is 11.6 Å². The summed E-state index contributed by atoms with van der Waals surface area (Å²) in [6.07, 6.45) is 0.451. The van der Waals surface area contributed by atoms with Crippen LogP contribution in [0.3, 0.4) is 0 Å². The van der Waals surface area contributed by atoms with E-state index in [4.69, 9.17) is 16.3 Å². The minimum Gasteiger partial charge on any atom is -0.444 e. The first-order valence-corrected chi connectivity index (χ1v) is 8.88. The van der Waals surface area contributed by atoms with Crippen molar-refractivity contribution in [2.75, 3.05) is 18.4 Å². The second-order valence-corrected chi connectivity index (χ2v) is 7.77. The number of carbonyl (C=O) groups excluding carboxylic acids is 1. The zero-order valence-electron chi connectivity index (χ0n) is 15.0. The number of amides is 1. The molecule has 1 saturated heterocycles. The van der Waals surface area contributed by atoms with E-state index < -0.39 is 5.60 Å². The number of fused-ring (bicyclic) bond motifs is 1. The Bertz CT molecular complexity index is 885. The van der Waals surface area contributed by atoms with Crippen LogP contribution < -0.4 is 5.32 Å². The molecule has 1 N–H and O–H groups in total. The molecule has 1 aromatic heterocycles. The first kappa shape index (κ1) is 18.3. The quantitative estimate of drug-likeness (QED) is 0.855. The van der Waals surface area contributed by atoms with E-state index in [0.717, 1.165) is 17.2 Å². The van der Waals surface area contributed by atoms with Crippen LogP contribution in [0.1, 0.15) is 32.9 Å². The average molecular weight is 373 g/mol. The molecule has 1 aliphatic heterocycles. The zero-order valence-corrected chi connectivity index (χ0v) is 15.8. The van der Waals surface area contributed by atoms with E-state index in [-0.39, 0.29) is 12.1 Å². The molecular weight excluding hydrogens is 352 g/mol. The molecule has 7 heteroatoms. The fourth-order valence-corrected chi connectivity index (χ4v) is 3.26. The van der Waals surface area contributed by atoms with E-state index in [1.807, 2.05) is 32.9 Å². The topological polar surface area (TPSA) is 78.2 Å². The lowest BCUT2D eigenvalue weighted by molar-refractivity contribution is 0.0293. The molecule has 1 amide bonds. The number of nitrogens with one attached hydrogen (secondary N) is 1. The molecule has 1 fully saturated rings. The molecule has 1 aliphatic rings. The van der Waals surface area contributed by atoms with Gasteiger partial charge in [0, 0.05) is 24.5 Å². The van der Waals surface area contributed by atoms with Crippen molar-refractivity contribution >= 4 is 34.3 Å². The molecule has 2 aromatic rings. The maximum atomic E-state index is 12.2. The third-order valence-corrected chi connectivity index (χ3v) is 4.42. The van der Waals surface area contributed by atoms with E-state index in [0.29, 0.717) is 29.6 Å². The summed E-state index contributed by atoms with van der Waals surface area (Å²) in [5.41, 5.74) is -0.195. The first-order valence-electron chi connectivity index (χ1n) is 8.50. The molecule has 0 aliphatic carbocycles. The summed E-state index contributed by atoms with van der Waals surface area (Å²) >= 11 is 6.35. The smallest absolute Gasteiger partial charge is 0.410 e. The monoisotopic (exact) mass is 372 g/mol. The fourth-order valence-electron chi connectivity index (χ4n) is 2.99. The van der Waals surface area contributed by atoms with Gasteiger partial charge in [0.25, 0.3) is 0 Å². The number of halogens is 1. The average Bonchev–Trinajstić information content (AvgIpc) is 3.01. The van der Waals surface area contributed by atoms with Crippen LogP contribution in [0.5, 0.6) is 0 Å². The summed E-state index contributed by atoms with van der Waals surface area (Å²) in [6, 6.07) is 9.35. The van der Waals surface area contributed by atoms with Crippen molar-refractivity contribution in [3.05, 3.63) is 35.0 Å². The molecule has 2 heterocycles. The maximum absolute atomic E-state index is 12.2. The number of hydrogen-bond acceptors (Lipinski definition) is 5. The van der Waals surface area contributed by atoms with Gasteiger partial charge in [-0.05, 0) is 44.7 Å². The third-order valence-electron chi connectivity index (χ3n) is 4.10. The lowest BCUT2D eigenvalue weighted by atomic mass is 10.1. The number of hydrogen-bond donors (Lipinski definition) is 1. The largest absolute Gasteiger partial charge is 0.444 e. The molecule has 1 aromatic carbocycles. The number of carbonyl (C=O) groups is 1. The fraction of sp³-hybridized carbons (Fsp3) is 0.421. The van der Waals surface area contributed by atoms with Gasteiger partial charge in [-0.3, -0.25) is 0 Å². The number of anilines is 1. The van der Waals surface area contributed by atoms with Crippen LogP contribution in [0.25, 0.3) is 10.8 Å². The van der Waals surface area contributed by atoms with E-state index in [9.17, 15) is 10.1 Å². The lowest BCUT2D eigenvalue weighted by Gasteiger charge is -2.24. The predicted octanol–water partition coefficient (Wildman–Crippen LogP) is 4.18. The highest BCUT2D eigenvalue weighted by Gasteiger charge is 2.30. The van der Waals surface area contributed by atoms with Gasteiger partial charge in [-0.15, -0.1) is 0 Å². The Morgan fingerprint density at radius 2 is 2.23 bits per heavy atom. The van der Waals surface area contributed by atoms with E-state index in [1.54, 1.807) is 17.0 Å². The van der Waals surface area contributed by atoms with Crippen molar-refractivity contribution in [3.8, 4) is 6.07 Å². The minimum absolute atomic E-state index is 0.0171. The Labute approximate surface area is 157 Å². The van der Waals surface area contributed by atoms with Crippen LogP contribution in [0, 0.1) is 11.3 Å². The molecule has 0 spiro atoms. The molecule has 0 bridgehead atoms. The molecular formula is C19H21ClN4O2.